The standard InChI is InChI=1S/C27H27ClN4O2/c1-4-32-23-12-8-6-9-19(23)21-15-18(13-14-24(21)32)16-29-31-27(34)25(17(2)3)30-26(33)20-10-5-7-11-22(20)28/h5-17,25H,4H2,1-3H3,(H,30,33)(H,31,34). The highest BCUT2D eigenvalue weighted by atomic mass is 35.5. The summed E-state index contributed by atoms with van der Waals surface area (Å²) in [6, 6.07) is 20.4. The van der Waals surface area contributed by atoms with Crippen molar-refractivity contribution < 1.29 is 9.59 Å². The number of carbonyl (C=O) groups is 2. The number of para-hydroxylation sites is 1. The van der Waals surface area contributed by atoms with Crippen molar-refractivity contribution in [3.63, 3.8) is 0 Å². The predicted octanol–water partition coefficient (Wildman–Crippen LogP) is 5.37. The van der Waals surface area contributed by atoms with Crippen LogP contribution in [0.3, 0.4) is 0 Å². The maximum Gasteiger partial charge on any atom is 0.262 e. The molecule has 0 bridgehead atoms. The van der Waals surface area contributed by atoms with E-state index in [0.29, 0.717) is 10.6 Å². The first-order valence-electron chi connectivity index (χ1n) is 11.3. The van der Waals surface area contributed by atoms with Gasteiger partial charge in [0, 0.05) is 28.4 Å². The molecule has 0 saturated heterocycles. The Morgan fingerprint density at radius 1 is 1.00 bits per heavy atom. The molecule has 1 heterocycles. The minimum absolute atomic E-state index is 0.141. The summed E-state index contributed by atoms with van der Waals surface area (Å²) in [5, 5.41) is 9.57. The van der Waals surface area contributed by atoms with Crippen molar-refractivity contribution in [2.45, 2.75) is 33.4 Å². The number of hydrazone groups is 1. The van der Waals surface area contributed by atoms with Crippen LogP contribution >= 0.6 is 11.6 Å². The molecule has 1 aromatic heterocycles. The minimum Gasteiger partial charge on any atom is -0.341 e. The van der Waals surface area contributed by atoms with Gasteiger partial charge in [0.05, 0.1) is 16.8 Å². The highest BCUT2D eigenvalue weighted by Crippen LogP contribution is 2.29. The quantitative estimate of drug-likeness (QED) is 0.279. The maximum absolute atomic E-state index is 12.8. The van der Waals surface area contributed by atoms with Crippen molar-refractivity contribution in [1.29, 1.82) is 0 Å². The van der Waals surface area contributed by atoms with Crippen molar-refractivity contribution >= 4 is 51.4 Å². The SMILES string of the molecule is CCn1c2ccccc2c2cc(C=NNC(=O)C(NC(=O)c3ccccc3Cl)C(C)C)ccc21. The van der Waals surface area contributed by atoms with Crippen LogP contribution in [0.4, 0.5) is 0 Å². The number of amides is 2. The average Bonchev–Trinajstić information content (AvgIpc) is 3.15. The lowest BCUT2D eigenvalue weighted by Gasteiger charge is -2.20. The largest absolute Gasteiger partial charge is 0.341 e. The lowest BCUT2D eigenvalue weighted by molar-refractivity contribution is -0.123. The van der Waals surface area contributed by atoms with Crippen molar-refractivity contribution in [3.05, 3.63) is 82.9 Å². The fraction of sp³-hybridized carbons (Fsp3) is 0.222. The Labute approximate surface area is 203 Å². The number of benzene rings is 3. The molecule has 3 aromatic carbocycles. The number of fused-ring (bicyclic) bond motifs is 3. The van der Waals surface area contributed by atoms with Gasteiger partial charge in [0.1, 0.15) is 6.04 Å². The average molecular weight is 475 g/mol. The molecule has 1 unspecified atom stereocenters. The Bertz CT molecular complexity index is 1390. The zero-order chi connectivity index (χ0) is 24.2. The van der Waals surface area contributed by atoms with E-state index in [-0.39, 0.29) is 5.92 Å². The monoisotopic (exact) mass is 474 g/mol. The lowest BCUT2D eigenvalue weighted by atomic mass is 10.0. The highest BCUT2D eigenvalue weighted by molar-refractivity contribution is 6.33. The summed E-state index contributed by atoms with van der Waals surface area (Å²) < 4.78 is 2.28. The van der Waals surface area contributed by atoms with Gasteiger partial charge in [-0.2, -0.15) is 5.10 Å². The van der Waals surface area contributed by atoms with Crippen LogP contribution in [0.5, 0.6) is 0 Å². The molecule has 4 rings (SSSR count). The van der Waals surface area contributed by atoms with E-state index in [1.165, 1.54) is 10.9 Å². The number of carbonyl (C=O) groups excluding carboxylic acids is 2. The second-order valence-corrected chi connectivity index (χ2v) is 8.85. The topological polar surface area (TPSA) is 75.5 Å². The number of aryl methyl sites for hydroxylation is 1. The first-order chi connectivity index (χ1) is 16.4. The van der Waals surface area contributed by atoms with E-state index in [9.17, 15) is 9.59 Å². The zero-order valence-corrected chi connectivity index (χ0v) is 20.1. The van der Waals surface area contributed by atoms with Crippen LogP contribution in [0.25, 0.3) is 21.8 Å². The van der Waals surface area contributed by atoms with Crippen LogP contribution < -0.4 is 10.7 Å². The van der Waals surface area contributed by atoms with Crippen LogP contribution in [-0.4, -0.2) is 28.6 Å². The number of nitrogens with zero attached hydrogens (tertiary/aromatic N) is 2. The molecule has 0 saturated carbocycles. The first-order valence-corrected chi connectivity index (χ1v) is 11.7. The molecule has 1 atom stereocenters. The molecule has 0 aliphatic heterocycles. The molecule has 0 fully saturated rings. The maximum atomic E-state index is 12.8. The molecule has 0 aliphatic carbocycles. The van der Waals surface area contributed by atoms with Gasteiger partial charge in [0.2, 0.25) is 0 Å². The summed E-state index contributed by atoms with van der Waals surface area (Å²) in [6.45, 7) is 6.73. The number of rotatable bonds is 7. The van der Waals surface area contributed by atoms with Crippen LogP contribution in [0, 0.1) is 5.92 Å². The van der Waals surface area contributed by atoms with Gasteiger partial charge in [-0.3, -0.25) is 9.59 Å². The normalized spacial score (nSPS) is 12.5. The Kier molecular flexibility index (Phi) is 6.98. The van der Waals surface area contributed by atoms with Gasteiger partial charge in [0.15, 0.2) is 0 Å². The first kappa shape index (κ1) is 23.5. The molecular formula is C27H27ClN4O2. The molecule has 34 heavy (non-hydrogen) atoms. The Morgan fingerprint density at radius 3 is 2.44 bits per heavy atom. The summed E-state index contributed by atoms with van der Waals surface area (Å²) in [7, 11) is 0. The molecule has 4 aromatic rings. The van der Waals surface area contributed by atoms with Gasteiger partial charge in [-0.1, -0.05) is 61.8 Å². The molecular weight excluding hydrogens is 448 g/mol. The van der Waals surface area contributed by atoms with Crippen LogP contribution in [0.2, 0.25) is 5.02 Å². The van der Waals surface area contributed by atoms with Crippen LogP contribution in [0.15, 0.2) is 71.8 Å². The zero-order valence-electron chi connectivity index (χ0n) is 19.4. The van der Waals surface area contributed by atoms with Crippen molar-refractivity contribution in [1.82, 2.24) is 15.3 Å². The van der Waals surface area contributed by atoms with Crippen LogP contribution in [0.1, 0.15) is 36.7 Å². The summed E-state index contributed by atoms with van der Waals surface area (Å²) in [5.41, 5.74) is 6.11. The smallest absolute Gasteiger partial charge is 0.262 e. The summed E-state index contributed by atoms with van der Waals surface area (Å²) >= 11 is 6.12. The second kappa shape index (κ2) is 10.1. The van der Waals surface area contributed by atoms with E-state index in [4.69, 9.17) is 11.6 Å². The highest BCUT2D eigenvalue weighted by Gasteiger charge is 2.25. The summed E-state index contributed by atoms with van der Waals surface area (Å²) in [5.74, 6) is -0.935. The summed E-state index contributed by atoms with van der Waals surface area (Å²) in [6.07, 6.45) is 1.61. The number of halogens is 1. The van der Waals surface area contributed by atoms with Gasteiger partial charge in [-0.05, 0) is 48.7 Å². The fourth-order valence-electron chi connectivity index (χ4n) is 4.13. The Morgan fingerprint density at radius 2 is 1.71 bits per heavy atom. The van der Waals surface area contributed by atoms with Crippen molar-refractivity contribution in [2.75, 3.05) is 0 Å². The third-order valence-corrected chi connectivity index (χ3v) is 6.18. The van der Waals surface area contributed by atoms with Crippen molar-refractivity contribution in [2.24, 2.45) is 11.0 Å². The van der Waals surface area contributed by atoms with E-state index in [2.05, 4.69) is 51.6 Å². The van der Waals surface area contributed by atoms with Crippen LogP contribution in [-0.2, 0) is 11.3 Å². The Hall–Kier alpha value is -3.64. The number of hydrogen-bond acceptors (Lipinski definition) is 3. The Balaban J connectivity index is 1.50. The predicted molar refractivity (Wildman–Crippen MR) is 138 cm³/mol. The van der Waals surface area contributed by atoms with E-state index < -0.39 is 17.9 Å². The molecule has 0 aliphatic rings. The number of hydrogen-bond donors (Lipinski definition) is 2. The van der Waals surface area contributed by atoms with Gasteiger partial charge < -0.3 is 9.88 Å². The molecule has 0 radical (unpaired) electrons. The molecule has 2 N–H and O–H groups in total. The second-order valence-electron chi connectivity index (χ2n) is 8.45. The van der Waals surface area contributed by atoms with Gasteiger partial charge in [-0.25, -0.2) is 5.43 Å². The molecule has 174 valence electrons. The van der Waals surface area contributed by atoms with E-state index in [0.717, 1.165) is 23.0 Å². The third-order valence-electron chi connectivity index (χ3n) is 5.86. The lowest BCUT2D eigenvalue weighted by Crippen LogP contribution is -2.48. The van der Waals surface area contributed by atoms with E-state index >= 15 is 0 Å². The fourth-order valence-corrected chi connectivity index (χ4v) is 4.35. The molecule has 7 heteroatoms. The molecule has 0 spiro atoms. The van der Waals surface area contributed by atoms with E-state index in [1.54, 1.807) is 30.5 Å². The van der Waals surface area contributed by atoms with Crippen molar-refractivity contribution in [3.8, 4) is 0 Å². The summed E-state index contributed by atoms with van der Waals surface area (Å²) in [4.78, 5) is 25.4. The third kappa shape index (κ3) is 4.68. The number of nitrogens with one attached hydrogen (secondary N) is 2. The molecule has 2 amide bonds. The molecule has 6 nitrogen and oxygen atoms in total. The van der Waals surface area contributed by atoms with Gasteiger partial charge in [0.25, 0.3) is 11.8 Å². The van der Waals surface area contributed by atoms with Gasteiger partial charge in [-0.15, -0.1) is 0 Å². The number of aromatic nitrogens is 1. The minimum atomic E-state index is -0.758. The van der Waals surface area contributed by atoms with Gasteiger partial charge >= 0.3 is 0 Å². The van der Waals surface area contributed by atoms with E-state index in [1.807, 2.05) is 32.0 Å².